The third-order valence-electron chi connectivity index (χ3n) is 2.99. The highest BCUT2D eigenvalue weighted by Crippen LogP contribution is 2.30. The van der Waals surface area contributed by atoms with Crippen LogP contribution in [0.3, 0.4) is 0 Å². The Balaban J connectivity index is 0.00000288. The Labute approximate surface area is 139 Å². The fraction of sp³-hybridized carbons (Fsp3) is 0.143. The molecule has 0 heterocycles. The molecule has 0 amide bonds. The van der Waals surface area contributed by atoms with E-state index < -0.39 is 28.9 Å². The first kappa shape index (κ1) is 19.7. The summed E-state index contributed by atoms with van der Waals surface area (Å²) in [5.41, 5.74) is 5.67. The average Bonchev–Trinajstić information content (AvgIpc) is 2.45. The zero-order valence-corrected chi connectivity index (χ0v) is 12.6. The Kier molecular flexibility index (Phi) is 6.10. The van der Waals surface area contributed by atoms with Crippen LogP contribution in [-0.2, 0) is 0 Å². The van der Waals surface area contributed by atoms with Gasteiger partial charge in [0.05, 0.1) is 16.5 Å². The molecule has 0 spiro atoms. The van der Waals surface area contributed by atoms with E-state index in [9.17, 15) is 27.7 Å². The molecule has 2 N–H and O–H groups in total. The summed E-state index contributed by atoms with van der Waals surface area (Å²) in [6.07, 6.45) is -4.83. The van der Waals surface area contributed by atoms with E-state index >= 15 is 0 Å². The number of benzene rings is 2. The van der Waals surface area contributed by atoms with E-state index in [-0.39, 0.29) is 29.2 Å². The van der Waals surface area contributed by atoms with Gasteiger partial charge in [-0.2, -0.15) is 0 Å². The number of nitro benzene ring substituents is 1. The van der Waals surface area contributed by atoms with Crippen molar-refractivity contribution in [2.24, 2.45) is 5.73 Å². The summed E-state index contributed by atoms with van der Waals surface area (Å²) < 4.78 is 53.3. The summed E-state index contributed by atoms with van der Waals surface area (Å²) in [4.78, 5) is 10.2. The molecule has 0 aliphatic heterocycles. The third-order valence-corrected chi connectivity index (χ3v) is 2.99. The van der Waals surface area contributed by atoms with Crippen LogP contribution in [-0.4, -0.2) is 11.3 Å². The first-order valence-electron chi connectivity index (χ1n) is 6.22. The van der Waals surface area contributed by atoms with Gasteiger partial charge in [0.15, 0.2) is 0 Å². The molecule has 0 saturated heterocycles. The SMILES string of the molecule is Cl.N[C@@H](c1ccc(OC(F)(F)F)cc1)c1cc(F)ccc1[N+](=O)[O-]. The first-order valence-corrected chi connectivity index (χ1v) is 6.22. The highest BCUT2D eigenvalue weighted by atomic mass is 35.5. The van der Waals surface area contributed by atoms with Gasteiger partial charge >= 0.3 is 6.36 Å². The number of rotatable bonds is 4. The minimum atomic E-state index is -4.83. The van der Waals surface area contributed by atoms with Gasteiger partial charge in [0, 0.05) is 6.07 Å². The average molecular weight is 367 g/mol. The fourth-order valence-corrected chi connectivity index (χ4v) is 2.00. The van der Waals surface area contributed by atoms with Gasteiger partial charge in [0.1, 0.15) is 11.6 Å². The largest absolute Gasteiger partial charge is 0.573 e. The second kappa shape index (κ2) is 7.45. The van der Waals surface area contributed by atoms with Crippen molar-refractivity contribution in [3.63, 3.8) is 0 Å². The van der Waals surface area contributed by atoms with Gasteiger partial charge < -0.3 is 10.5 Å². The molecule has 0 aliphatic carbocycles. The maximum atomic E-state index is 13.3. The second-order valence-electron chi connectivity index (χ2n) is 4.55. The van der Waals surface area contributed by atoms with Gasteiger partial charge in [-0.05, 0) is 29.8 Å². The lowest BCUT2D eigenvalue weighted by Gasteiger charge is -2.14. The van der Waals surface area contributed by atoms with Gasteiger partial charge in [-0.3, -0.25) is 10.1 Å². The molecular weight excluding hydrogens is 356 g/mol. The smallest absolute Gasteiger partial charge is 0.406 e. The van der Waals surface area contributed by atoms with E-state index in [0.29, 0.717) is 0 Å². The summed E-state index contributed by atoms with van der Waals surface area (Å²) in [5.74, 6) is -1.17. The monoisotopic (exact) mass is 366 g/mol. The van der Waals surface area contributed by atoms with Gasteiger partial charge in [-0.15, -0.1) is 25.6 Å². The summed E-state index contributed by atoms with van der Waals surface area (Å²) in [6, 6.07) is 6.23. The van der Waals surface area contributed by atoms with Crippen molar-refractivity contribution in [2.75, 3.05) is 0 Å². The standard InChI is InChI=1S/C14H10F4N2O3.ClH/c15-9-3-6-12(20(21)22)11(7-9)13(19)8-1-4-10(5-2-8)23-14(16,17)18;/h1-7,13H,19H2;1H/t13-;/m0./s1. The molecule has 2 aromatic carbocycles. The maximum absolute atomic E-state index is 13.3. The zero-order valence-electron chi connectivity index (χ0n) is 11.8. The summed E-state index contributed by atoms with van der Waals surface area (Å²) in [5, 5.41) is 11.0. The van der Waals surface area contributed by atoms with Crippen LogP contribution in [0.25, 0.3) is 0 Å². The lowest BCUT2D eigenvalue weighted by Crippen LogP contribution is -2.17. The van der Waals surface area contributed by atoms with Crippen LogP contribution in [0.2, 0.25) is 0 Å². The molecule has 0 unspecified atom stereocenters. The molecule has 1 atom stereocenters. The van der Waals surface area contributed by atoms with Crippen molar-refractivity contribution < 1.29 is 27.2 Å². The van der Waals surface area contributed by atoms with Crippen LogP contribution in [0.15, 0.2) is 42.5 Å². The summed E-state index contributed by atoms with van der Waals surface area (Å²) >= 11 is 0. The predicted octanol–water partition coefficient (Wildman–Crippen LogP) is 4.10. The first-order chi connectivity index (χ1) is 10.7. The Morgan fingerprint density at radius 1 is 1.12 bits per heavy atom. The topological polar surface area (TPSA) is 78.4 Å². The predicted molar refractivity (Wildman–Crippen MR) is 79.5 cm³/mol. The van der Waals surface area contributed by atoms with E-state index in [2.05, 4.69) is 4.74 Å². The molecule has 0 bridgehead atoms. The molecule has 2 rings (SSSR count). The van der Waals surface area contributed by atoms with E-state index in [4.69, 9.17) is 5.73 Å². The van der Waals surface area contributed by atoms with Crippen molar-refractivity contribution in [2.45, 2.75) is 12.4 Å². The van der Waals surface area contributed by atoms with Gasteiger partial charge in [-0.1, -0.05) is 12.1 Å². The highest BCUT2D eigenvalue weighted by Gasteiger charge is 2.31. The lowest BCUT2D eigenvalue weighted by atomic mass is 9.98. The van der Waals surface area contributed by atoms with Crippen LogP contribution in [0, 0.1) is 15.9 Å². The van der Waals surface area contributed by atoms with Crippen LogP contribution in [0.4, 0.5) is 23.2 Å². The van der Waals surface area contributed by atoms with Crippen molar-refractivity contribution in [1.29, 1.82) is 0 Å². The zero-order chi connectivity index (χ0) is 17.2. The van der Waals surface area contributed by atoms with E-state index in [1.165, 1.54) is 12.1 Å². The summed E-state index contributed by atoms with van der Waals surface area (Å²) in [7, 11) is 0. The molecule has 0 aromatic heterocycles. The van der Waals surface area contributed by atoms with Crippen molar-refractivity contribution in [1.82, 2.24) is 0 Å². The van der Waals surface area contributed by atoms with Crippen LogP contribution >= 0.6 is 12.4 Å². The van der Waals surface area contributed by atoms with Gasteiger partial charge in [0.25, 0.3) is 5.69 Å². The molecule has 10 heteroatoms. The number of nitro groups is 1. The Morgan fingerprint density at radius 2 is 1.71 bits per heavy atom. The molecule has 0 fully saturated rings. The molecular formula is C14H11ClF4N2O3. The van der Waals surface area contributed by atoms with Gasteiger partial charge in [0.2, 0.25) is 0 Å². The molecule has 0 radical (unpaired) electrons. The Morgan fingerprint density at radius 3 is 2.21 bits per heavy atom. The summed E-state index contributed by atoms with van der Waals surface area (Å²) in [6.45, 7) is 0. The van der Waals surface area contributed by atoms with Crippen molar-refractivity contribution in [3.8, 4) is 5.75 Å². The van der Waals surface area contributed by atoms with E-state index in [0.717, 1.165) is 30.3 Å². The second-order valence-corrected chi connectivity index (χ2v) is 4.55. The number of hydrogen-bond donors (Lipinski definition) is 1. The normalized spacial score (nSPS) is 12.2. The van der Waals surface area contributed by atoms with Crippen LogP contribution in [0.1, 0.15) is 17.2 Å². The minimum absolute atomic E-state index is 0. The molecule has 24 heavy (non-hydrogen) atoms. The lowest BCUT2D eigenvalue weighted by molar-refractivity contribution is -0.385. The van der Waals surface area contributed by atoms with E-state index in [1.807, 2.05) is 0 Å². The quantitative estimate of drug-likeness (QED) is 0.502. The minimum Gasteiger partial charge on any atom is -0.406 e. The van der Waals surface area contributed by atoms with E-state index in [1.54, 1.807) is 0 Å². The van der Waals surface area contributed by atoms with Crippen molar-refractivity contribution in [3.05, 3.63) is 69.5 Å². The molecule has 0 saturated carbocycles. The highest BCUT2D eigenvalue weighted by molar-refractivity contribution is 5.85. The molecule has 5 nitrogen and oxygen atoms in total. The molecule has 0 aliphatic rings. The number of alkyl halides is 3. The number of nitrogens with two attached hydrogens (primary N) is 1. The van der Waals surface area contributed by atoms with Crippen molar-refractivity contribution >= 4 is 18.1 Å². The van der Waals surface area contributed by atoms with Crippen LogP contribution < -0.4 is 10.5 Å². The maximum Gasteiger partial charge on any atom is 0.573 e. The molecule has 2 aromatic rings. The Hall–Kier alpha value is -2.39. The number of ether oxygens (including phenoxy) is 1. The Bertz CT molecular complexity index is 723. The molecule has 130 valence electrons. The fourth-order valence-electron chi connectivity index (χ4n) is 2.00. The number of halogens is 5. The third kappa shape index (κ3) is 4.80. The number of nitrogens with zero attached hydrogens (tertiary/aromatic N) is 1. The van der Waals surface area contributed by atoms with Crippen LogP contribution in [0.5, 0.6) is 5.75 Å². The van der Waals surface area contributed by atoms with Gasteiger partial charge in [-0.25, -0.2) is 4.39 Å². The number of hydrogen-bond acceptors (Lipinski definition) is 4.